The summed E-state index contributed by atoms with van der Waals surface area (Å²) < 4.78 is 15.7. The van der Waals surface area contributed by atoms with E-state index in [4.69, 9.17) is 17.3 Å². The summed E-state index contributed by atoms with van der Waals surface area (Å²) in [6.07, 6.45) is 7.88. The van der Waals surface area contributed by atoms with E-state index in [9.17, 15) is 14.3 Å². The molecule has 1 aliphatic rings. The summed E-state index contributed by atoms with van der Waals surface area (Å²) in [6, 6.07) is 6.70. The summed E-state index contributed by atoms with van der Waals surface area (Å²) in [5.74, 6) is -1.34. The van der Waals surface area contributed by atoms with Gasteiger partial charge in [-0.15, -0.1) is 11.3 Å². The van der Waals surface area contributed by atoms with Gasteiger partial charge in [0.05, 0.1) is 32.8 Å². The number of nitrogens with one attached hydrogen (secondary N) is 2. The molecule has 0 bridgehead atoms. The molecule has 2 aromatic carbocycles. The molecule has 0 spiro atoms. The molecule has 0 aliphatic heterocycles. The number of fused-ring (bicyclic) bond motifs is 2. The summed E-state index contributed by atoms with van der Waals surface area (Å²) in [4.78, 5) is 18.1. The summed E-state index contributed by atoms with van der Waals surface area (Å²) in [5.41, 5.74) is 14.1. The van der Waals surface area contributed by atoms with Crippen molar-refractivity contribution in [1.82, 2.24) is 4.98 Å². The second-order valence-electron chi connectivity index (χ2n) is 9.37. The Balaban J connectivity index is 1.57. The third kappa shape index (κ3) is 4.75. The van der Waals surface area contributed by atoms with Gasteiger partial charge < -0.3 is 21.5 Å². The van der Waals surface area contributed by atoms with Crippen molar-refractivity contribution in [1.29, 1.82) is 0 Å². The molecule has 200 valence electrons. The molecule has 1 amide bonds. The van der Waals surface area contributed by atoms with Crippen LogP contribution in [0.25, 0.3) is 22.0 Å². The van der Waals surface area contributed by atoms with E-state index in [1.807, 2.05) is 45.1 Å². The van der Waals surface area contributed by atoms with Crippen LogP contribution in [0.3, 0.4) is 0 Å². The second-order valence-corrected chi connectivity index (χ2v) is 10.6. The van der Waals surface area contributed by atoms with Crippen LogP contribution in [0.5, 0.6) is 5.75 Å². The number of halogens is 2. The van der Waals surface area contributed by atoms with Crippen molar-refractivity contribution in [2.75, 3.05) is 16.4 Å². The number of carbonyl (C=O) groups is 1. The first-order valence-electron chi connectivity index (χ1n) is 12.7. The average Bonchev–Trinajstić information content (AvgIpc) is 3.29. The molecule has 39 heavy (non-hydrogen) atoms. The minimum Gasteiger partial charge on any atom is -0.506 e. The quantitative estimate of drug-likeness (QED) is 0.178. The maximum atomic E-state index is 14.9. The minimum atomic E-state index is -0.735. The van der Waals surface area contributed by atoms with Crippen LogP contribution in [0.2, 0.25) is 5.02 Å². The number of nitrogens with two attached hydrogens (primary N) is 1. The number of pyridine rings is 1. The fraction of sp³-hybridized carbons (Fsp3) is 0.200. The van der Waals surface area contributed by atoms with E-state index in [1.54, 1.807) is 11.6 Å². The third-order valence-corrected chi connectivity index (χ3v) is 8.40. The van der Waals surface area contributed by atoms with Crippen molar-refractivity contribution in [3.8, 4) is 5.75 Å². The van der Waals surface area contributed by atoms with Gasteiger partial charge in [-0.3, -0.25) is 9.78 Å². The Labute approximate surface area is 235 Å². The van der Waals surface area contributed by atoms with Crippen LogP contribution in [0.4, 0.5) is 21.5 Å². The molecule has 5 N–H and O–H groups in total. The number of rotatable bonds is 6. The molecule has 0 unspecified atom stereocenters. The van der Waals surface area contributed by atoms with Gasteiger partial charge in [-0.05, 0) is 55.0 Å². The lowest BCUT2D eigenvalue weighted by Crippen LogP contribution is -2.15. The highest BCUT2D eigenvalue weighted by molar-refractivity contribution is 7.18. The molecule has 2 aromatic heterocycles. The van der Waals surface area contributed by atoms with E-state index in [0.29, 0.717) is 28.9 Å². The Kier molecular flexibility index (Phi) is 7.34. The topological polar surface area (TPSA) is 100 Å². The number of thiophene rings is 1. The molecular formula is C30H28ClFN4O2S. The number of nitrogens with zero attached hydrogens (tertiary/aromatic N) is 1. The van der Waals surface area contributed by atoms with Gasteiger partial charge >= 0.3 is 0 Å². The van der Waals surface area contributed by atoms with Gasteiger partial charge in [-0.25, -0.2) is 4.39 Å². The average molecular weight is 563 g/mol. The first-order chi connectivity index (χ1) is 18.7. The van der Waals surface area contributed by atoms with Crippen molar-refractivity contribution < 1.29 is 14.3 Å². The Bertz CT molecular complexity index is 1690. The number of hydrogen-bond acceptors (Lipinski definition) is 6. The lowest BCUT2D eigenvalue weighted by molar-refractivity contribution is 0.102. The minimum absolute atomic E-state index is 0.151. The lowest BCUT2D eigenvalue weighted by Gasteiger charge is -2.21. The molecule has 6 nitrogen and oxygen atoms in total. The van der Waals surface area contributed by atoms with E-state index >= 15 is 0 Å². The maximum absolute atomic E-state index is 14.9. The van der Waals surface area contributed by atoms with E-state index in [2.05, 4.69) is 15.6 Å². The Morgan fingerprint density at radius 1 is 1.23 bits per heavy atom. The number of aromatic hydroxyl groups is 1. The van der Waals surface area contributed by atoms with Crippen LogP contribution >= 0.6 is 22.9 Å². The van der Waals surface area contributed by atoms with Gasteiger partial charge in [-0.1, -0.05) is 49.7 Å². The van der Waals surface area contributed by atoms with Crippen LogP contribution in [0, 0.1) is 12.7 Å². The van der Waals surface area contributed by atoms with E-state index in [1.165, 1.54) is 23.5 Å². The van der Waals surface area contributed by atoms with Crippen molar-refractivity contribution in [2.24, 2.45) is 0 Å². The summed E-state index contributed by atoms with van der Waals surface area (Å²) in [6.45, 7) is 5.99. The number of hydrogen-bond donors (Lipinski definition) is 4. The van der Waals surface area contributed by atoms with Crippen LogP contribution in [0.15, 0.2) is 47.5 Å². The normalized spacial score (nSPS) is 12.9. The predicted octanol–water partition coefficient (Wildman–Crippen LogP) is 8.15. The number of amides is 1. The number of phenolic OH excluding ortho intramolecular Hbond substituents is 1. The largest absolute Gasteiger partial charge is 0.506 e. The summed E-state index contributed by atoms with van der Waals surface area (Å²) >= 11 is 7.38. The van der Waals surface area contributed by atoms with Crippen LogP contribution in [0.1, 0.15) is 59.3 Å². The second kappa shape index (κ2) is 10.7. The molecule has 9 heteroatoms. The van der Waals surface area contributed by atoms with Gasteiger partial charge in [0, 0.05) is 28.4 Å². The van der Waals surface area contributed by atoms with Crippen LogP contribution < -0.4 is 16.4 Å². The number of anilines is 3. The monoisotopic (exact) mass is 562 g/mol. The maximum Gasteiger partial charge on any atom is 0.258 e. The molecule has 1 aliphatic carbocycles. The molecule has 2 heterocycles. The molecule has 0 saturated carbocycles. The fourth-order valence-corrected chi connectivity index (χ4v) is 5.95. The van der Waals surface area contributed by atoms with E-state index in [0.717, 1.165) is 51.1 Å². The first-order valence-corrected chi connectivity index (χ1v) is 13.9. The predicted molar refractivity (Wildman–Crippen MR) is 160 cm³/mol. The SMILES string of the molecule is CCC1=C(Nc2ccc(O)c(Cl)c2F)c2ccc(C)c(NC(=O)c3csc4c(N)c(CC)cnc34)c2C=CC1. The number of aromatic nitrogens is 1. The van der Waals surface area contributed by atoms with Gasteiger partial charge in [-0.2, -0.15) is 0 Å². The van der Waals surface area contributed by atoms with Gasteiger partial charge in [0.1, 0.15) is 10.8 Å². The summed E-state index contributed by atoms with van der Waals surface area (Å²) in [7, 11) is 0. The molecule has 0 fully saturated rings. The number of carbonyl (C=O) groups excluding carboxylic acids is 1. The van der Waals surface area contributed by atoms with Gasteiger partial charge in [0.2, 0.25) is 0 Å². The first kappa shape index (κ1) is 26.7. The summed E-state index contributed by atoms with van der Waals surface area (Å²) in [5, 5.41) is 17.6. The number of phenols is 1. The van der Waals surface area contributed by atoms with Crippen LogP contribution in [-0.4, -0.2) is 16.0 Å². The Morgan fingerprint density at radius 2 is 2.03 bits per heavy atom. The zero-order valence-corrected chi connectivity index (χ0v) is 23.4. The van der Waals surface area contributed by atoms with Crippen molar-refractivity contribution in [3.05, 3.63) is 86.1 Å². The lowest BCUT2D eigenvalue weighted by atomic mass is 9.96. The highest BCUT2D eigenvalue weighted by Gasteiger charge is 2.23. The smallest absolute Gasteiger partial charge is 0.258 e. The number of allylic oxidation sites excluding steroid dienone is 2. The van der Waals surface area contributed by atoms with E-state index in [-0.39, 0.29) is 22.4 Å². The fourth-order valence-electron chi connectivity index (χ4n) is 4.80. The number of nitrogen functional groups attached to an aromatic ring is 1. The molecular weight excluding hydrogens is 535 g/mol. The van der Waals surface area contributed by atoms with Crippen molar-refractivity contribution in [2.45, 2.75) is 40.0 Å². The van der Waals surface area contributed by atoms with Crippen molar-refractivity contribution in [3.63, 3.8) is 0 Å². The molecule has 0 saturated heterocycles. The third-order valence-electron chi connectivity index (χ3n) is 7.04. The van der Waals surface area contributed by atoms with Crippen molar-refractivity contribution >= 4 is 67.9 Å². The van der Waals surface area contributed by atoms with E-state index < -0.39 is 5.82 Å². The molecule has 0 atom stereocenters. The van der Waals surface area contributed by atoms with Gasteiger partial charge in [0.25, 0.3) is 5.91 Å². The Morgan fingerprint density at radius 3 is 2.77 bits per heavy atom. The zero-order chi connectivity index (χ0) is 27.8. The van der Waals surface area contributed by atoms with Gasteiger partial charge in [0.15, 0.2) is 5.82 Å². The standard InChI is InChI=1S/C30H28ClFN4O2S/c1-4-16-7-6-8-18-19(27(16)35-21-11-12-22(37)23(31)24(21)32)10-9-15(3)26(18)36-30(38)20-14-39-29-25(33)17(5-2)13-34-28(20)29/h6,8-14,35,37H,4-5,7H2,1-3H3,(H2,33,34)(H,36,38). The highest BCUT2D eigenvalue weighted by atomic mass is 35.5. The molecule has 5 rings (SSSR count). The van der Waals surface area contributed by atoms with Crippen LogP contribution in [-0.2, 0) is 6.42 Å². The Hall–Kier alpha value is -3.88. The zero-order valence-electron chi connectivity index (χ0n) is 21.8. The highest BCUT2D eigenvalue weighted by Crippen LogP contribution is 2.39. The molecule has 0 radical (unpaired) electrons. The molecule has 4 aromatic rings. The number of benzene rings is 2. The number of aryl methyl sites for hydroxylation is 2.